The van der Waals surface area contributed by atoms with Crippen LogP contribution < -0.4 is 10.6 Å². The number of halogens is 2. The molecule has 2 aromatic heterocycles. The highest BCUT2D eigenvalue weighted by Gasteiger charge is 2.23. The molecule has 0 radical (unpaired) electrons. The van der Waals surface area contributed by atoms with Gasteiger partial charge < -0.3 is 9.73 Å². The van der Waals surface area contributed by atoms with Crippen molar-refractivity contribution in [3.63, 3.8) is 0 Å². The first-order valence-electron chi connectivity index (χ1n) is 8.78. The fourth-order valence-electron chi connectivity index (χ4n) is 2.98. The van der Waals surface area contributed by atoms with Gasteiger partial charge in [-0.2, -0.15) is 0 Å². The van der Waals surface area contributed by atoms with Gasteiger partial charge in [0.25, 0.3) is 5.91 Å². The summed E-state index contributed by atoms with van der Waals surface area (Å²) in [6.07, 6.45) is 2.16. The van der Waals surface area contributed by atoms with Crippen molar-refractivity contribution in [2.75, 3.05) is 23.7 Å². The zero-order chi connectivity index (χ0) is 20.4. The van der Waals surface area contributed by atoms with E-state index in [9.17, 15) is 9.59 Å². The molecule has 1 aliphatic heterocycles. The molecule has 0 bridgehead atoms. The normalized spacial score (nSPS) is 13.7. The highest BCUT2D eigenvalue weighted by molar-refractivity contribution is 7.15. The van der Waals surface area contributed by atoms with Crippen LogP contribution in [0.2, 0.25) is 10.0 Å². The van der Waals surface area contributed by atoms with Crippen molar-refractivity contribution in [3.05, 3.63) is 63.0 Å². The topological polar surface area (TPSA) is 87.5 Å². The summed E-state index contributed by atoms with van der Waals surface area (Å²) in [5.74, 6) is -0.236. The number of aromatic nitrogens is 1. The highest BCUT2D eigenvalue weighted by Crippen LogP contribution is 2.29. The summed E-state index contributed by atoms with van der Waals surface area (Å²) in [6.45, 7) is 1.54. The van der Waals surface area contributed by atoms with Crippen LogP contribution in [0.3, 0.4) is 0 Å². The van der Waals surface area contributed by atoms with Crippen LogP contribution in [0.15, 0.2) is 41.0 Å². The lowest BCUT2D eigenvalue weighted by Gasteiger charge is -2.25. The molecule has 150 valence electrons. The largest absolute Gasteiger partial charge is 0.459 e. The molecule has 4 rings (SSSR count). The van der Waals surface area contributed by atoms with Crippen LogP contribution in [0.25, 0.3) is 0 Å². The van der Waals surface area contributed by atoms with Crippen molar-refractivity contribution in [1.82, 2.24) is 9.88 Å². The molecule has 0 spiro atoms. The Kier molecular flexibility index (Phi) is 5.86. The first-order valence-corrected chi connectivity index (χ1v) is 10.4. The molecule has 10 heteroatoms. The SMILES string of the molecule is O=C(CN1CCc2nc(NC(=O)c3ccco3)sc2C1)Nc1ccc(Cl)c(Cl)c1. The number of hydrogen-bond donors (Lipinski definition) is 2. The van der Waals surface area contributed by atoms with E-state index in [-0.39, 0.29) is 24.1 Å². The van der Waals surface area contributed by atoms with Gasteiger partial charge >= 0.3 is 0 Å². The molecule has 0 aliphatic carbocycles. The first-order chi connectivity index (χ1) is 14.0. The molecule has 0 fully saturated rings. The van der Waals surface area contributed by atoms with Gasteiger partial charge in [-0.1, -0.05) is 23.2 Å². The molecule has 0 unspecified atom stereocenters. The van der Waals surface area contributed by atoms with Gasteiger partial charge in [0.2, 0.25) is 5.91 Å². The Morgan fingerprint density at radius 2 is 2.07 bits per heavy atom. The number of carbonyl (C=O) groups excluding carboxylic acids is 2. The summed E-state index contributed by atoms with van der Waals surface area (Å²) in [5.41, 5.74) is 1.55. The summed E-state index contributed by atoms with van der Waals surface area (Å²) >= 11 is 13.3. The summed E-state index contributed by atoms with van der Waals surface area (Å²) in [4.78, 5) is 32.0. The van der Waals surface area contributed by atoms with Gasteiger partial charge in [0.05, 0.1) is 28.5 Å². The van der Waals surface area contributed by atoms with Crippen LogP contribution in [0.1, 0.15) is 21.1 Å². The number of hydrogen-bond acceptors (Lipinski definition) is 6. The molecule has 2 N–H and O–H groups in total. The summed E-state index contributed by atoms with van der Waals surface area (Å²) < 4.78 is 5.09. The Hall–Kier alpha value is -2.39. The summed E-state index contributed by atoms with van der Waals surface area (Å²) in [7, 11) is 0. The maximum absolute atomic E-state index is 12.4. The number of nitrogens with one attached hydrogen (secondary N) is 2. The lowest BCUT2D eigenvalue weighted by molar-refractivity contribution is -0.117. The molecule has 0 saturated heterocycles. The highest BCUT2D eigenvalue weighted by atomic mass is 35.5. The molecule has 0 saturated carbocycles. The second-order valence-electron chi connectivity index (χ2n) is 6.46. The zero-order valence-corrected chi connectivity index (χ0v) is 17.4. The fraction of sp³-hybridized carbons (Fsp3) is 0.211. The fourth-order valence-corrected chi connectivity index (χ4v) is 4.32. The van der Waals surface area contributed by atoms with Gasteiger partial charge in [0.1, 0.15) is 0 Å². The van der Waals surface area contributed by atoms with E-state index in [1.807, 2.05) is 4.90 Å². The third-order valence-electron chi connectivity index (χ3n) is 4.35. The lowest BCUT2D eigenvalue weighted by Crippen LogP contribution is -2.36. The van der Waals surface area contributed by atoms with Crippen molar-refractivity contribution in [3.8, 4) is 0 Å². The molecular weight excluding hydrogens is 435 g/mol. The number of benzene rings is 1. The van der Waals surface area contributed by atoms with E-state index >= 15 is 0 Å². The number of nitrogens with zero attached hydrogens (tertiary/aromatic N) is 2. The molecule has 29 heavy (non-hydrogen) atoms. The Labute approximate surface area is 180 Å². The number of rotatable bonds is 5. The van der Waals surface area contributed by atoms with E-state index in [4.69, 9.17) is 27.6 Å². The van der Waals surface area contributed by atoms with Gasteiger partial charge in [-0.3, -0.25) is 19.8 Å². The second kappa shape index (κ2) is 8.54. The molecule has 3 heterocycles. The third-order valence-corrected chi connectivity index (χ3v) is 6.08. The number of carbonyl (C=O) groups is 2. The molecular formula is C19H16Cl2N4O3S. The van der Waals surface area contributed by atoms with Gasteiger partial charge in [-0.05, 0) is 30.3 Å². The van der Waals surface area contributed by atoms with E-state index in [1.54, 1.807) is 30.3 Å². The van der Waals surface area contributed by atoms with Crippen LogP contribution in [-0.4, -0.2) is 34.8 Å². The van der Waals surface area contributed by atoms with Crippen LogP contribution in [0.5, 0.6) is 0 Å². The van der Waals surface area contributed by atoms with E-state index < -0.39 is 0 Å². The minimum atomic E-state index is -0.334. The zero-order valence-electron chi connectivity index (χ0n) is 15.1. The average molecular weight is 451 g/mol. The maximum atomic E-state index is 12.4. The van der Waals surface area contributed by atoms with E-state index in [1.165, 1.54) is 17.6 Å². The van der Waals surface area contributed by atoms with Crippen molar-refractivity contribution in [2.24, 2.45) is 0 Å². The average Bonchev–Trinajstić information content (AvgIpc) is 3.34. The molecule has 3 aromatic rings. The smallest absolute Gasteiger partial charge is 0.293 e. The quantitative estimate of drug-likeness (QED) is 0.604. The monoisotopic (exact) mass is 450 g/mol. The number of anilines is 2. The first kappa shape index (κ1) is 19.9. The molecule has 0 atom stereocenters. The van der Waals surface area contributed by atoms with Gasteiger partial charge in [-0.25, -0.2) is 4.98 Å². The Balaban J connectivity index is 1.34. The van der Waals surface area contributed by atoms with Crippen molar-refractivity contribution in [2.45, 2.75) is 13.0 Å². The molecule has 1 aromatic carbocycles. The van der Waals surface area contributed by atoms with E-state index in [0.29, 0.717) is 40.4 Å². The Morgan fingerprint density at radius 1 is 1.21 bits per heavy atom. The summed E-state index contributed by atoms with van der Waals surface area (Å²) in [6, 6.07) is 8.22. The van der Waals surface area contributed by atoms with E-state index in [2.05, 4.69) is 15.6 Å². The predicted molar refractivity (Wildman–Crippen MR) is 113 cm³/mol. The standard InChI is InChI=1S/C19H16Cl2N4O3S/c20-12-4-3-11(8-13(12)21)22-17(26)10-25-6-5-14-16(9-25)29-19(23-14)24-18(27)15-2-1-7-28-15/h1-4,7-8H,5-6,9-10H2,(H,22,26)(H,23,24,27). The molecule has 1 aliphatic rings. The van der Waals surface area contributed by atoms with Crippen LogP contribution in [-0.2, 0) is 17.8 Å². The van der Waals surface area contributed by atoms with Crippen molar-refractivity contribution >= 4 is 57.2 Å². The number of amides is 2. The second-order valence-corrected chi connectivity index (χ2v) is 8.36. The van der Waals surface area contributed by atoms with Crippen molar-refractivity contribution < 1.29 is 14.0 Å². The number of fused-ring (bicyclic) bond motifs is 1. The minimum Gasteiger partial charge on any atom is -0.459 e. The number of thiazole rings is 1. The number of furan rings is 1. The molecule has 2 amide bonds. The van der Waals surface area contributed by atoms with Gasteiger partial charge in [0.15, 0.2) is 10.9 Å². The minimum absolute atomic E-state index is 0.136. The van der Waals surface area contributed by atoms with Gasteiger partial charge in [0, 0.05) is 30.1 Å². The summed E-state index contributed by atoms with van der Waals surface area (Å²) in [5, 5.41) is 6.93. The molecule has 7 nitrogen and oxygen atoms in total. The van der Waals surface area contributed by atoms with Crippen LogP contribution in [0.4, 0.5) is 10.8 Å². The Bertz CT molecular complexity index is 1050. The Morgan fingerprint density at radius 3 is 2.83 bits per heavy atom. The van der Waals surface area contributed by atoms with E-state index in [0.717, 1.165) is 10.6 Å². The maximum Gasteiger partial charge on any atom is 0.293 e. The van der Waals surface area contributed by atoms with Crippen LogP contribution in [0, 0.1) is 0 Å². The van der Waals surface area contributed by atoms with Gasteiger partial charge in [-0.15, -0.1) is 11.3 Å². The third kappa shape index (κ3) is 4.79. The lowest BCUT2D eigenvalue weighted by atomic mass is 10.2. The van der Waals surface area contributed by atoms with Crippen LogP contribution >= 0.6 is 34.5 Å². The van der Waals surface area contributed by atoms with Crippen molar-refractivity contribution in [1.29, 1.82) is 0 Å². The predicted octanol–water partition coefficient (Wildman–Crippen LogP) is 4.29.